The Kier molecular flexibility index (Phi) is 5.13. The molecule has 1 aromatic rings. The molecule has 7 atom stereocenters. The van der Waals surface area contributed by atoms with Gasteiger partial charge in [-0.25, -0.2) is 0 Å². The summed E-state index contributed by atoms with van der Waals surface area (Å²) in [6.45, 7) is 7.07. The lowest BCUT2D eigenvalue weighted by atomic mass is 9.45. The summed E-state index contributed by atoms with van der Waals surface area (Å²) in [5, 5.41) is 0. The molecule has 4 fully saturated rings. The van der Waals surface area contributed by atoms with Crippen LogP contribution in [0.4, 0.5) is 0 Å². The van der Waals surface area contributed by atoms with E-state index in [1.807, 2.05) is 19.1 Å². The summed E-state index contributed by atoms with van der Waals surface area (Å²) in [4.78, 5) is 0.290. The molecule has 0 aliphatic heterocycles. The van der Waals surface area contributed by atoms with Gasteiger partial charge in [0.1, 0.15) is 0 Å². The monoisotopic (exact) mass is 430 g/mol. The van der Waals surface area contributed by atoms with Gasteiger partial charge in [0, 0.05) is 0 Å². The number of aryl methyl sites for hydroxylation is 1. The molecule has 5 rings (SSSR count). The summed E-state index contributed by atoms with van der Waals surface area (Å²) in [5.74, 6) is 3.28. The lowest BCUT2D eigenvalue weighted by Crippen LogP contribution is -2.53. The third kappa shape index (κ3) is 3.37. The van der Waals surface area contributed by atoms with Crippen LogP contribution < -0.4 is 0 Å². The Bertz CT molecular complexity index is 891. The molecular formula is C26H38O3S. The van der Waals surface area contributed by atoms with Crippen LogP contribution in [0.3, 0.4) is 0 Å². The summed E-state index contributed by atoms with van der Waals surface area (Å²) >= 11 is 0. The first-order chi connectivity index (χ1) is 14.2. The van der Waals surface area contributed by atoms with Gasteiger partial charge in [-0.3, -0.25) is 4.18 Å². The summed E-state index contributed by atoms with van der Waals surface area (Å²) in [5.41, 5.74) is 2.04. The summed E-state index contributed by atoms with van der Waals surface area (Å²) in [6.07, 6.45) is 12.5. The minimum absolute atomic E-state index is 0.161. The maximum atomic E-state index is 12.8. The molecule has 30 heavy (non-hydrogen) atoms. The fraction of sp³-hybridized carbons (Fsp3) is 0.769. The van der Waals surface area contributed by atoms with Crippen molar-refractivity contribution in [3.63, 3.8) is 0 Å². The molecule has 4 saturated carbocycles. The maximum absolute atomic E-state index is 12.8. The third-order valence-electron chi connectivity index (χ3n) is 9.97. The number of hydrogen-bond donors (Lipinski definition) is 0. The zero-order chi connectivity index (χ0) is 21.1. The molecule has 0 saturated heterocycles. The SMILES string of the molecule is Cc1ccc(S(=O)(=O)O[C@@H]2CC[C@@]3(C)[C@H](CC[C@H]4[C@H]3CC[C@]3(C)CCC[C@@H]43)C2)cc1. The highest BCUT2D eigenvalue weighted by Crippen LogP contribution is 2.66. The van der Waals surface area contributed by atoms with Crippen LogP contribution >= 0.6 is 0 Å². The standard InChI is InChI=1S/C26H38O3S/c1-18-6-9-21(10-7-18)30(27,28)29-20-12-16-26(3)19(17-20)8-11-22-23-5-4-14-25(23,2)15-13-24(22)26/h6-7,9-10,19-20,22-24H,4-5,8,11-17H2,1-3H3/t19-,20-,22-,23+,24-,25+,26+/m1/s1. The molecule has 1 aromatic carbocycles. The van der Waals surface area contributed by atoms with Crippen molar-refractivity contribution in [1.29, 1.82) is 0 Å². The topological polar surface area (TPSA) is 43.4 Å². The molecule has 0 amide bonds. The predicted octanol–water partition coefficient (Wildman–Crippen LogP) is 6.50. The van der Waals surface area contributed by atoms with Gasteiger partial charge in [-0.2, -0.15) is 8.42 Å². The molecule has 3 nitrogen and oxygen atoms in total. The van der Waals surface area contributed by atoms with E-state index in [1.54, 1.807) is 12.1 Å². The van der Waals surface area contributed by atoms with Crippen molar-refractivity contribution in [3.8, 4) is 0 Å². The van der Waals surface area contributed by atoms with E-state index in [0.29, 0.717) is 16.7 Å². The van der Waals surface area contributed by atoms with Crippen LogP contribution in [0.5, 0.6) is 0 Å². The zero-order valence-corrected chi connectivity index (χ0v) is 19.7. The zero-order valence-electron chi connectivity index (χ0n) is 18.9. The average molecular weight is 431 g/mol. The molecule has 166 valence electrons. The van der Waals surface area contributed by atoms with Crippen molar-refractivity contribution in [2.45, 2.75) is 96.0 Å². The van der Waals surface area contributed by atoms with Gasteiger partial charge in [-0.05, 0) is 111 Å². The highest BCUT2D eigenvalue weighted by molar-refractivity contribution is 7.86. The lowest BCUT2D eigenvalue weighted by molar-refractivity contribution is -0.117. The number of rotatable bonds is 3. The van der Waals surface area contributed by atoms with Gasteiger partial charge >= 0.3 is 0 Å². The minimum atomic E-state index is -3.68. The van der Waals surface area contributed by atoms with E-state index < -0.39 is 10.1 Å². The largest absolute Gasteiger partial charge is 0.297 e. The Hall–Kier alpha value is -0.870. The van der Waals surface area contributed by atoms with Gasteiger partial charge < -0.3 is 0 Å². The molecule has 0 aromatic heterocycles. The summed E-state index contributed by atoms with van der Waals surface area (Å²) in [6, 6.07) is 7.03. The van der Waals surface area contributed by atoms with Crippen molar-refractivity contribution in [3.05, 3.63) is 29.8 Å². The molecular weight excluding hydrogens is 392 g/mol. The molecule has 4 aliphatic carbocycles. The Balaban J connectivity index is 1.30. The molecule has 4 aliphatic rings. The van der Waals surface area contributed by atoms with Crippen molar-refractivity contribution < 1.29 is 12.6 Å². The van der Waals surface area contributed by atoms with Crippen LogP contribution in [0, 0.1) is 41.4 Å². The molecule has 0 heterocycles. The average Bonchev–Trinajstić information content (AvgIpc) is 3.10. The van der Waals surface area contributed by atoms with Crippen molar-refractivity contribution in [1.82, 2.24) is 0 Å². The van der Waals surface area contributed by atoms with Crippen molar-refractivity contribution in [2.24, 2.45) is 34.5 Å². The molecule has 0 unspecified atom stereocenters. The fourth-order valence-electron chi connectivity index (χ4n) is 8.24. The second-order valence-electron chi connectivity index (χ2n) is 11.5. The fourth-order valence-corrected chi connectivity index (χ4v) is 9.35. The van der Waals surface area contributed by atoms with Crippen LogP contribution in [-0.2, 0) is 14.3 Å². The van der Waals surface area contributed by atoms with Crippen LogP contribution in [0.1, 0.15) is 83.6 Å². The van der Waals surface area contributed by atoms with Gasteiger partial charge in [0.2, 0.25) is 0 Å². The van der Waals surface area contributed by atoms with E-state index in [1.165, 1.54) is 44.9 Å². The van der Waals surface area contributed by atoms with Crippen molar-refractivity contribution in [2.75, 3.05) is 0 Å². The quantitative estimate of drug-likeness (QED) is 0.514. The van der Waals surface area contributed by atoms with Crippen LogP contribution in [-0.4, -0.2) is 14.5 Å². The summed E-state index contributed by atoms with van der Waals surface area (Å²) in [7, 11) is -3.68. The number of hydrogen-bond acceptors (Lipinski definition) is 3. The maximum Gasteiger partial charge on any atom is 0.297 e. The highest BCUT2D eigenvalue weighted by Gasteiger charge is 2.58. The highest BCUT2D eigenvalue weighted by atomic mass is 32.2. The minimum Gasteiger partial charge on any atom is -0.263 e. The van der Waals surface area contributed by atoms with E-state index in [2.05, 4.69) is 13.8 Å². The molecule has 0 spiro atoms. The Morgan fingerprint density at radius 3 is 2.43 bits per heavy atom. The van der Waals surface area contributed by atoms with Gasteiger partial charge in [0.05, 0.1) is 11.0 Å². The normalized spacial score (nSPS) is 43.5. The van der Waals surface area contributed by atoms with Crippen molar-refractivity contribution >= 4 is 10.1 Å². The molecule has 0 N–H and O–H groups in total. The summed E-state index contributed by atoms with van der Waals surface area (Å²) < 4.78 is 31.4. The van der Waals surface area contributed by atoms with Gasteiger partial charge in [0.15, 0.2) is 0 Å². The van der Waals surface area contributed by atoms with E-state index in [0.717, 1.165) is 42.6 Å². The first kappa shape index (κ1) is 21.0. The lowest BCUT2D eigenvalue weighted by Gasteiger charge is -2.60. The van der Waals surface area contributed by atoms with Crippen LogP contribution in [0.2, 0.25) is 0 Å². The Morgan fingerprint density at radius 2 is 1.67 bits per heavy atom. The van der Waals surface area contributed by atoms with Gasteiger partial charge in [-0.15, -0.1) is 0 Å². The molecule has 4 heteroatoms. The van der Waals surface area contributed by atoms with Gasteiger partial charge in [0.25, 0.3) is 10.1 Å². The Morgan fingerprint density at radius 1 is 0.900 bits per heavy atom. The smallest absolute Gasteiger partial charge is 0.263 e. The van der Waals surface area contributed by atoms with Crippen LogP contribution in [0.25, 0.3) is 0 Å². The number of fused-ring (bicyclic) bond motifs is 5. The van der Waals surface area contributed by atoms with E-state index in [-0.39, 0.29) is 11.0 Å². The van der Waals surface area contributed by atoms with E-state index in [9.17, 15) is 8.42 Å². The predicted molar refractivity (Wildman–Crippen MR) is 120 cm³/mol. The Labute approximate surface area is 183 Å². The second kappa shape index (κ2) is 7.33. The second-order valence-corrected chi connectivity index (χ2v) is 13.1. The molecule has 0 radical (unpaired) electrons. The van der Waals surface area contributed by atoms with E-state index >= 15 is 0 Å². The first-order valence-corrected chi connectivity index (χ1v) is 13.6. The van der Waals surface area contributed by atoms with Gasteiger partial charge in [-0.1, -0.05) is 38.0 Å². The number of benzene rings is 1. The van der Waals surface area contributed by atoms with E-state index in [4.69, 9.17) is 4.18 Å². The third-order valence-corrected chi connectivity index (χ3v) is 11.3. The first-order valence-electron chi connectivity index (χ1n) is 12.2. The molecule has 0 bridgehead atoms. The van der Waals surface area contributed by atoms with Crippen LogP contribution in [0.15, 0.2) is 29.2 Å².